The van der Waals surface area contributed by atoms with Gasteiger partial charge in [-0.3, -0.25) is 4.57 Å². The Labute approximate surface area is 135 Å². The quantitative estimate of drug-likeness (QED) is 0.426. The summed E-state index contributed by atoms with van der Waals surface area (Å²) in [6, 6.07) is 12.1. The predicted octanol–water partition coefficient (Wildman–Crippen LogP) is 2.09. The number of carbonyl (C=O) groups excluding carboxylic acids is 1. The van der Waals surface area contributed by atoms with E-state index in [4.69, 9.17) is 9.15 Å². The normalized spacial score (nSPS) is 11.2. The third kappa shape index (κ3) is 2.36. The molecule has 0 bridgehead atoms. The summed E-state index contributed by atoms with van der Waals surface area (Å²) in [7, 11) is 1.89. The van der Waals surface area contributed by atoms with Gasteiger partial charge in [-0.15, -0.1) is 0 Å². The van der Waals surface area contributed by atoms with Gasteiger partial charge in [-0.25, -0.2) is 14.6 Å². The van der Waals surface area contributed by atoms with Crippen LogP contribution >= 0.6 is 0 Å². The molecule has 0 amide bonds. The Balaban J connectivity index is 1.59. The topological polar surface area (TPSA) is 79.3 Å². The Morgan fingerprint density at radius 2 is 2.04 bits per heavy atom. The molecular formula is C17H13N3O4. The van der Waals surface area contributed by atoms with Crippen LogP contribution in [0.25, 0.3) is 22.1 Å². The van der Waals surface area contributed by atoms with Crippen LogP contribution in [0.2, 0.25) is 0 Å². The van der Waals surface area contributed by atoms with Crippen molar-refractivity contribution in [2.24, 2.45) is 7.05 Å². The van der Waals surface area contributed by atoms with Crippen molar-refractivity contribution in [3.8, 4) is 5.75 Å². The van der Waals surface area contributed by atoms with Crippen LogP contribution in [0.15, 0.2) is 58.0 Å². The monoisotopic (exact) mass is 323 g/mol. The molecule has 7 nitrogen and oxygen atoms in total. The number of nitrogens with zero attached hydrogens (tertiary/aromatic N) is 3. The Bertz CT molecular complexity index is 1120. The molecule has 4 aromatic rings. The van der Waals surface area contributed by atoms with E-state index in [0.29, 0.717) is 16.8 Å². The van der Waals surface area contributed by atoms with Crippen LogP contribution < -0.4 is 10.5 Å². The zero-order chi connectivity index (χ0) is 16.7. The highest BCUT2D eigenvalue weighted by molar-refractivity contribution is 5.80. The zero-order valence-corrected chi connectivity index (χ0v) is 12.8. The van der Waals surface area contributed by atoms with Gasteiger partial charge in [0.1, 0.15) is 12.3 Å². The highest BCUT2D eigenvalue weighted by atomic mass is 16.5. The van der Waals surface area contributed by atoms with Crippen LogP contribution in [0, 0.1) is 0 Å². The van der Waals surface area contributed by atoms with Crippen molar-refractivity contribution in [3.05, 3.63) is 59.3 Å². The fourth-order valence-corrected chi connectivity index (χ4v) is 2.64. The molecule has 0 aliphatic rings. The van der Waals surface area contributed by atoms with Crippen molar-refractivity contribution in [2.45, 2.75) is 6.54 Å². The van der Waals surface area contributed by atoms with Gasteiger partial charge in [-0.05, 0) is 24.3 Å². The maximum absolute atomic E-state index is 12.2. The molecule has 2 heterocycles. The second kappa shape index (κ2) is 5.38. The summed E-state index contributed by atoms with van der Waals surface area (Å²) >= 11 is 0. The van der Waals surface area contributed by atoms with Gasteiger partial charge < -0.3 is 13.7 Å². The smallest absolute Gasteiger partial charge is 0.420 e. The second-order valence-corrected chi connectivity index (χ2v) is 5.40. The maximum Gasteiger partial charge on any atom is 0.420 e. The molecule has 2 aromatic heterocycles. The third-order valence-corrected chi connectivity index (χ3v) is 3.79. The van der Waals surface area contributed by atoms with Gasteiger partial charge in [0.05, 0.1) is 22.9 Å². The van der Waals surface area contributed by atoms with E-state index in [1.54, 1.807) is 42.7 Å². The number of aromatic nitrogens is 3. The molecule has 0 N–H and O–H groups in total. The molecule has 4 rings (SSSR count). The molecule has 0 aliphatic heterocycles. The van der Waals surface area contributed by atoms with E-state index < -0.39 is 11.7 Å². The molecule has 0 fully saturated rings. The summed E-state index contributed by atoms with van der Waals surface area (Å²) in [5.41, 5.74) is 2.66. The van der Waals surface area contributed by atoms with Gasteiger partial charge >= 0.3 is 11.7 Å². The lowest BCUT2D eigenvalue weighted by Crippen LogP contribution is -2.23. The molecular weight excluding hydrogens is 310 g/mol. The summed E-state index contributed by atoms with van der Waals surface area (Å²) in [6.45, 7) is -0.226. The molecule has 0 unspecified atom stereocenters. The first kappa shape index (κ1) is 14.3. The van der Waals surface area contributed by atoms with Crippen LogP contribution in [0.1, 0.15) is 0 Å². The molecule has 24 heavy (non-hydrogen) atoms. The van der Waals surface area contributed by atoms with Gasteiger partial charge in [0.15, 0.2) is 5.58 Å². The molecule has 0 aliphatic carbocycles. The number of oxazole rings is 1. The fraction of sp³-hybridized carbons (Fsp3) is 0.118. The van der Waals surface area contributed by atoms with E-state index >= 15 is 0 Å². The molecule has 0 saturated heterocycles. The number of benzene rings is 2. The summed E-state index contributed by atoms with van der Waals surface area (Å²) in [5.74, 6) is -0.765. The molecule has 0 radical (unpaired) electrons. The molecule has 120 valence electrons. The van der Waals surface area contributed by atoms with E-state index in [1.807, 2.05) is 17.7 Å². The van der Waals surface area contributed by atoms with Gasteiger partial charge in [-0.1, -0.05) is 12.1 Å². The van der Waals surface area contributed by atoms with Crippen LogP contribution in [0.3, 0.4) is 0 Å². The maximum atomic E-state index is 12.2. The number of hydrogen-bond acceptors (Lipinski definition) is 5. The fourth-order valence-electron chi connectivity index (χ4n) is 2.64. The lowest BCUT2D eigenvalue weighted by Gasteiger charge is -2.05. The zero-order valence-electron chi connectivity index (χ0n) is 12.8. The first-order valence-corrected chi connectivity index (χ1v) is 7.32. The van der Waals surface area contributed by atoms with Crippen molar-refractivity contribution in [1.82, 2.24) is 14.1 Å². The Morgan fingerprint density at radius 3 is 2.92 bits per heavy atom. The molecule has 0 atom stereocenters. The van der Waals surface area contributed by atoms with Crippen molar-refractivity contribution in [2.75, 3.05) is 0 Å². The third-order valence-electron chi connectivity index (χ3n) is 3.79. The van der Waals surface area contributed by atoms with Gasteiger partial charge in [0, 0.05) is 13.1 Å². The Hall–Kier alpha value is -3.35. The number of fused-ring (bicyclic) bond motifs is 2. The van der Waals surface area contributed by atoms with Crippen molar-refractivity contribution < 1.29 is 13.9 Å². The van der Waals surface area contributed by atoms with E-state index in [-0.39, 0.29) is 6.54 Å². The number of aryl methyl sites for hydroxylation is 1. The van der Waals surface area contributed by atoms with E-state index in [9.17, 15) is 9.59 Å². The minimum atomic E-state index is -0.590. The van der Waals surface area contributed by atoms with Gasteiger partial charge in [0.25, 0.3) is 0 Å². The van der Waals surface area contributed by atoms with Gasteiger partial charge in [-0.2, -0.15) is 0 Å². The lowest BCUT2D eigenvalue weighted by molar-refractivity contribution is -0.135. The largest absolute Gasteiger partial charge is 0.425 e. The number of rotatable bonds is 3. The SMILES string of the molecule is Cn1cnc2cc(OC(=O)Cn3c(=O)oc4ccccc43)ccc21. The minimum absolute atomic E-state index is 0.226. The van der Waals surface area contributed by atoms with Crippen molar-refractivity contribution in [3.63, 3.8) is 0 Å². The van der Waals surface area contributed by atoms with Crippen LogP contribution in [0.4, 0.5) is 0 Å². The number of imidazole rings is 1. The number of ether oxygens (including phenoxy) is 1. The number of para-hydroxylation sites is 2. The van der Waals surface area contributed by atoms with Crippen LogP contribution in [-0.4, -0.2) is 20.1 Å². The highest BCUT2D eigenvalue weighted by Gasteiger charge is 2.14. The second-order valence-electron chi connectivity index (χ2n) is 5.40. The first-order valence-electron chi connectivity index (χ1n) is 7.32. The summed E-state index contributed by atoms with van der Waals surface area (Å²) in [5, 5.41) is 0. The van der Waals surface area contributed by atoms with Crippen LogP contribution in [-0.2, 0) is 18.4 Å². The Morgan fingerprint density at radius 1 is 1.21 bits per heavy atom. The summed E-state index contributed by atoms with van der Waals surface area (Å²) in [6.07, 6.45) is 1.69. The van der Waals surface area contributed by atoms with E-state index in [2.05, 4.69) is 4.98 Å². The van der Waals surface area contributed by atoms with Crippen molar-refractivity contribution >= 4 is 28.1 Å². The van der Waals surface area contributed by atoms with Crippen LogP contribution in [0.5, 0.6) is 5.75 Å². The number of esters is 1. The first-order chi connectivity index (χ1) is 11.6. The Kier molecular flexibility index (Phi) is 3.19. The van der Waals surface area contributed by atoms with Gasteiger partial charge in [0.2, 0.25) is 0 Å². The number of hydrogen-bond donors (Lipinski definition) is 0. The molecule has 0 saturated carbocycles. The average molecular weight is 323 g/mol. The summed E-state index contributed by atoms with van der Waals surface area (Å²) in [4.78, 5) is 28.3. The standard InChI is InChI=1S/C17H13N3O4/c1-19-10-18-12-8-11(6-7-13(12)19)23-16(21)9-20-14-4-2-3-5-15(14)24-17(20)22/h2-8,10H,9H2,1H3. The minimum Gasteiger partial charge on any atom is -0.425 e. The molecule has 2 aromatic carbocycles. The van der Waals surface area contributed by atoms with E-state index in [1.165, 1.54) is 4.57 Å². The predicted molar refractivity (Wildman–Crippen MR) is 86.8 cm³/mol. The number of carbonyl (C=O) groups is 1. The molecule has 0 spiro atoms. The molecule has 7 heteroatoms. The van der Waals surface area contributed by atoms with E-state index in [0.717, 1.165) is 11.0 Å². The highest BCUT2D eigenvalue weighted by Crippen LogP contribution is 2.19. The lowest BCUT2D eigenvalue weighted by atomic mass is 10.3. The van der Waals surface area contributed by atoms with Crippen molar-refractivity contribution in [1.29, 1.82) is 0 Å². The average Bonchev–Trinajstić information content (AvgIpc) is 3.08. The summed E-state index contributed by atoms with van der Waals surface area (Å²) < 4.78 is 13.5.